The number of hydrogen-bond acceptors (Lipinski definition) is 3. The Labute approximate surface area is 109 Å². The molecule has 2 rings (SSSR count). The quantitative estimate of drug-likeness (QED) is 0.946. The molecule has 0 aliphatic heterocycles. The Morgan fingerprint density at radius 1 is 1.12 bits per heavy atom. The Hall–Kier alpha value is -1.26. The molecule has 0 aliphatic rings. The maximum Gasteiger partial charge on any atom is 0.125 e. The molecule has 0 unspecified atom stereocenters. The van der Waals surface area contributed by atoms with Crippen LogP contribution in [0.4, 0.5) is 0 Å². The topological polar surface area (TPSA) is 51.8 Å². The lowest BCUT2D eigenvalue weighted by atomic mass is 10.1. The predicted octanol–water partition coefficient (Wildman–Crippen LogP) is 2.60. The highest BCUT2D eigenvalue weighted by molar-refractivity contribution is 9.10. The molecule has 3 nitrogen and oxygen atoms in total. The largest absolute Gasteiger partial charge is 0.325 e. The fourth-order valence-electron chi connectivity index (χ4n) is 1.70. The molecular weight excluding hydrogens is 278 g/mol. The van der Waals surface area contributed by atoms with E-state index in [1.165, 1.54) is 5.56 Å². The van der Waals surface area contributed by atoms with Crippen molar-refractivity contribution in [1.29, 1.82) is 0 Å². The van der Waals surface area contributed by atoms with Crippen molar-refractivity contribution in [1.82, 2.24) is 9.97 Å². The summed E-state index contributed by atoms with van der Waals surface area (Å²) in [4.78, 5) is 8.69. The number of nitrogens with two attached hydrogens (primary N) is 1. The van der Waals surface area contributed by atoms with Gasteiger partial charge in [0.15, 0.2) is 0 Å². The van der Waals surface area contributed by atoms with Crippen LogP contribution in [0.15, 0.2) is 34.8 Å². The molecule has 0 bridgehead atoms. The van der Waals surface area contributed by atoms with Crippen molar-refractivity contribution in [2.75, 3.05) is 0 Å². The van der Waals surface area contributed by atoms with E-state index in [0.717, 1.165) is 28.1 Å². The van der Waals surface area contributed by atoms with E-state index in [0.29, 0.717) is 6.54 Å². The maximum absolute atomic E-state index is 5.60. The van der Waals surface area contributed by atoms with Crippen molar-refractivity contribution in [3.63, 3.8) is 0 Å². The molecule has 1 aromatic heterocycles. The summed E-state index contributed by atoms with van der Waals surface area (Å²) in [7, 11) is 0. The van der Waals surface area contributed by atoms with Crippen LogP contribution in [0, 0.1) is 6.92 Å². The van der Waals surface area contributed by atoms with Gasteiger partial charge in [0.1, 0.15) is 5.82 Å². The number of aromatic nitrogens is 2. The van der Waals surface area contributed by atoms with E-state index in [9.17, 15) is 0 Å². The number of benzene rings is 1. The lowest BCUT2D eigenvalue weighted by molar-refractivity contribution is 0.889. The summed E-state index contributed by atoms with van der Waals surface area (Å²) in [6.07, 6.45) is 0.809. The maximum atomic E-state index is 5.60. The van der Waals surface area contributed by atoms with Crippen LogP contribution in [-0.4, -0.2) is 9.97 Å². The van der Waals surface area contributed by atoms with Crippen molar-refractivity contribution in [3.8, 4) is 0 Å². The number of hydrogen-bond donors (Lipinski definition) is 1. The third-order valence-electron chi connectivity index (χ3n) is 2.45. The smallest absolute Gasteiger partial charge is 0.125 e. The summed E-state index contributed by atoms with van der Waals surface area (Å²) in [6.45, 7) is 2.35. The number of aryl methyl sites for hydroxylation is 1. The first-order valence-corrected chi connectivity index (χ1v) is 6.24. The molecule has 0 spiro atoms. The Morgan fingerprint density at radius 3 is 2.41 bits per heavy atom. The Balaban J connectivity index is 2.23. The van der Waals surface area contributed by atoms with E-state index in [4.69, 9.17) is 5.73 Å². The summed E-state index contributed by atoms with van der Waals surface area (Å²) in [5.74, 6) is 0.778. The van der Waals surface area contributed by atoms with Crippen molar-refractivity contribution in [2.24, 2.45) is 5.73 Å². The molecule has 0 atom stereocenters. The molecule has 0 saturated carbocycles. The zero-order chi connectivity index (χ0) is 12.3. The molecule has 1 heterocycles. The highest BCUT2D eigenvalue weighted by atomic mass is 79.9. The minimum atomic E-state index is 0.455. The first-order valence-electron chi connectivity index (χ1n) is 5.45. The number of halogens is 1. The van der Waals surface area contributed by atoms with Gasteiger partial charge in [-0.2, -0.15) is 0 Å². The minimum Gasteiger partial charge on any atom is -0.325 e. The second kappa shape index (κ2) is 5.38. The van der Waals surface area contributed by atoms with Gasteiger partial charge in [0.2, 0.25) is 0 Å². The van der Waals surface area contributed by atoms with Crippen molar-refractivity contribution in [2.45, 2.75) is 19.9 Å². The predicted molar refractivity (Wildman–Crippen MR) is 71.6 cm³/mol. The van der Waals surface area contributed by atoms with E-state index in [1.54, 1.807) is 0 Å². The number of nitrogens with zero attached hydrogens (tertiary/aromatic N) is 2. The van der Waals surface area contributed by atoms with Gasteiger partial charge >= 0.3 is 0 Å². The van der Waals surface area contributed by atoms with Crippen LogP contribution in [0.2, 0.25) is 0 Å². The molecule has 0 aliphatic carbocycles. The van der Waals surface area contributed by atoms with Gasteiger partial charge in [-0.25, -0.2) is 9.97 Å². The molecule has 0 radical (unpaired) electrons. The minimum absolute atomic E-state index is 0.455. The molecule has 1 aromatic carbocycles. The van der Waals surface area contributed by atoms with Crippen LogP contribution in [0.3, 0.4) is 0 Å². The van der Waals surface area contributed by atoms with Gasteiger partial charge in [-0.15, -0.1) is 0 Å². The van der Waals surface area contributed by atoms with Gasteiger partial charge in [-0.3, -0.25) is 0 Å². The van der Waals surface area contributed by atoms with E-state index < -0.39 is 0 Å². The van der Waals surface area contributed by atoms with Crippen LogP contribution < -0.4 is 5.73 Å². The fourth-order valence-corrected chi connectivity index (χ4v) is 1.97. The Morgan fingerprint density at radius 2 is 1.76 bits per heavy atom. The van der Waals surface area contributed by atoms with Gasteiger partial charge in [0.25, 0.3) is 0 Å². The molecule has 4 heteroatoms. The Bertz CT molecular complexity index is 509. The Kier molecular flexibility index (Phi) is 3.86. The average molecular weight is 292 g/mol. The summed E-state index contributed by atoms with van der Waals surface area (Å²) in [5.41, 5.74) is 8.74. The monoisotopic (exact) mass is 291 g/mol. The molecule has 0 amide bonds. The van der Waals surface area contributed by atoms with Crippen LogP contribution in [0.25, 0.3) is 0 Å². The van der Waals surface area contributed by atoms with Gasteiger partial charge in [0.05, 0.1) is 5.69 Å². The van der Waals surface area contributed by atoms with Crippen LogP contribution in [0.1, 0.15) is 22.8 Å². The average Bonchev–Trinajstić information content (AvgIpc) is 2.31. The molecular formula is C13H14BrN3. The summed E-state index contributed by atoms with van der Waals surface area (Å²) in [5, 5.41) is 0. The third kappa shape index (κ3) is 3.35. The standard InChI is InChI=1S/C13H14BrN3/c1-9-16-12(7-13(8-15)17-9)6-10-2-4-11(14)5-3-10/h2-5,7H,6,8,15H2,1H3. The molecule has 88 valence electrons. The lowest BCUT2D eigenvalue weighted by Gasteiger charge is -2.05. The first-order chi connectivity index (χ1) is 8.17. The SMILES string of the molecule is Cc1nc(CN)cc(Cc2ccc(Br)cc2)n1. The van der Waals surface area contributed by atoms with Crippen LogP contribution in [-0.2, 0) is 13.0 Å². The summed E-state index contributed by atoms with van der Waals surface area (Å²) in [6, 6.07) is 10.2. The van der Waals surface area contributed by atoms with Crippen LogP contribution in [0.5, 0.6) is 0 Å². The molecule has 17 heavy (non-hydrogen) atoms. The van der Waals surface area contributed by atoms with Gasteiger partial charge in [0, 0.05) is 23.1 Å². The molecule has 0 fully saturated rings. The van der Waals surface area contributed by atoms with Crippen molar-refractivity contribution in [3.05, 3.63) is 57.6 Å². The van der Waals surface area contributed by atoms with E-state index >= 15 is 0 Å². The highest BCUT2D eigenvalue weighted by Crippen LogP contribution is 2.13. The van der Waals surface area contributed by atoms with Gasteiger partial charge in [-0.05, 0) is 30.7 Å². The van der Waals surface area contributed by atoms with E-state index in [-0.39, 0.29) is 0 Å². The number of rotatable bonds is 3. The zero-order valence-corrected chi connectivity index (χ0v) is 11.2. The lowest BCUT2D eigenvalue weighted by Crippen LogP contribution is -2.05. The third-order valence-corrected chi connectivity index (χ3v) is 2.98. The van der Waals surface area contributed by atoms with Crippen molar-refractivity contribution < 1.29 is 0 Å². The molecule has 2 aromatic rings. The first kappa shape index (κ1) is 12.2. The van der Waals surface area contributed by atoms with Gasteiger partial charge < -0.3 is 5.73 Å². The van der Waals surface area contributed by atoms with Crippen molar-refractivity contribution >= 4 is 15.9 Å². The summed E-state index contributed by atoms with van der Waals surface area (Å²) >= 11 is 3.42. The van der Waals surface area contributed by atoms with Crippen LogP contribution >= 0.6 is 15.9 Å². The second-order valence-electron chi connectivity index (χ2n) is 3.91. The molecule has 0 saturated heterocycles. The zero-order valence-electron chi connectivity index (χ0n) is 9.65. The molecule has 2 N–H and O–H groups in total. The fraction of sp³-hybridized carbons (Fsp3) is 0.231. The second-order valence-corrected chi connectivity index (χ2v) is 4.82. The summed E-state index contributed by atoms with van der Waals surface area (Å²) < 4.78 is 1.09. The normalized spacial score (nSPS) is 10.5. The van der Waals surface area contributed by atoms with E-state index in [1.807, 2.05) is 25.1 Å². The van der Waals surface area contributed by atoms with E-state index in [2.05, 4.69) is 38.0 Å². The highest BCUT2D eigenvalue weighted by Gasteiger charge is 2.02. The van der Waals surface area contributed by atoms with Gasteiger partial charge in [-0.1, -0.05) is 28.1 Å².